The van der Waals surface area contributed by atoms with E-state index < -0.39 is 0 Å². The molecule has 19 heavy (non-hydrogen) atoms. The first-order chi connectivity index (χ1) is 9.10. The van der Waals surface area contributed by atoms with Crippen LogP contribution < -0.4 is 5.73 Å². The van der Waals surface area contributed by atoms with Crippen molar-refractivity contribution in [2.24, 2.45) is 5.73 Å². The molecule has 1 aromatic carbocycles. The molecule has 0 fully saturated rings. The summed E-state index contributed by atoms with van der Waals surface area (Å²) >= 11 is 11.8. The molecule has 0 aliphatic heterocycles. The summed E-state index contributed by atoms with van der Waals surface area (Å²) in [6.45, 7) is 2.06. The summed E-state index contributed by atoms with van der Waals surface area (Å²) in [6.07, 6.45) is 2.35. The van der Waals surface area contributed by atoms with Crippen LogP contribution in [0.3, 0.4) is 0 Å². The predicted molar refractivity (Wildman–Crippen MR) is 75.4 cm³/mol. The van der Waals surface area contributed by atoms with E-state index in [9.17, 15) is 0 Å². The van der Waals surface area contributed by atoms with Gasteiger partial charge in [0.25, 0.3) is 0 Å². The minimum absolute atomic E-state index is 0.194. The van der Waals surface area contributed by atoms with E-state index >= 15 is 0 Å². The zero-order chi connectivity index (χ0) is 13.8. The van der Waals surface area contributed by atoms with Crippen LogP contribution in [0.4, 0.5) is 0 Å². The molecule has 0 spiro atoms. The molecule has 0 unspecified atom stereocenters. The van der Waals surface area contributed by atoms with Crippen molar-refractivity contribution >= 4 is 23.2 Å². The highest BCUT2D eigenvalue weighted by molar-refractivity contribution is 6.42. The normalized spacial score (nSPS) is 12.6. The van der Waals surface area contributed by atoms with Crippen LogP contribution in [0.2, 0.25) is 10.0 Å². The summed E-state index contributed by atoms with van der Waals surface area (Å²) in [4.78, 5) is 4.30. The molecule has 0 aliphatic rings. The molecule has 102 valence electrons. The molecule has 0 bridgehead atoms. The Morgan fingerprint density at radius 3 is 2.79 bits per heavy atom. The lowest BCUT2D eigenvalue weighted by molar-refractivity contribution is 0.345. The van der Waals surface area contributed by atoms with E-state index in [1.54, 1.807) is 12.1 Å². The second-order valence-electron chi connectivity index (χ2n) is 4.37. The smallest absolute Gasteiger partial charge is 0.243 e. The van der Waals surface area contributed by atoms with Gasteiger partial charge in [0.05, 0.1) is 16.1 Å². The summed E-state index contributed by atoms with van der Waals surface area (Å²) in [7, 11) is 0. The lowest BCUT2D eigenvalue weighted by atomic mass is 10.1. The number of hydrogen-bond acceptors (Lipinski definition) is 4. The monoisotopic (exact) mass is 299 g/mol. The molecule has 1 atom stereocenters. The van der Waals surface area contributed by atoms with Crippen LogP contribution in [0.5, 0.6) is 0 Å². The number of nitrogens with zero attached hydrogens (tertiary/aromatic N) is 2. The lowest BCUT2D eigenvalue weighted by Crippen LogP contribution is -2.10. The van der Waals surface area contributed by atoms with Gasteiger partial charge in [-0.2, -0.15) is 4.98 Å². The maximum absolute atomic E-state index is 5.96. The number of nitrogens with two attached hydrogens (primary N) is 1. The Balaban J connectivity index is 2.09. The summed E-state index contributed by atoms with van der Waals surface area (Å²) in [5.74, 6) is 1.08. The number of rotatable bonds is 5. The fourth-order valence-corrected chi connectivity index (χ4v) is 2.08. The minimum atomic E-state index is -0.194. The molecule has 1 heterocycles. The van der Waals surface area contributed by atoms with Crippen LogP contribution in [0.1, 0.15) is 43.1 Å². The maximum Gasteiger partial charge on any atom is 0.243 e. The van der Waals surface area contributed by atoms with Gasteiger partial charge in [-0.3, -0.25) is 0 Å². The molecule has 0 radical (unpaired) electrons. The van der Waals surface area contributed by atoms with Crippen molar-refractivity contribution < 1.29 is 4.52 Å². The highest BCUT2D eigenvalue weighted by Crippen LogP contribution is 2.23. The van der Waals surface area contributed by atoms with E-state index in [0.29, 0.717) is 28.2 Å². The molecule has 0 saturated heterocycles. The Labute approximate surface area is 121 Å². The van der Waals surface area contributed by atoms with Crippen molar-refractivity contribution in [2.45, 2.75) is 32.2 Å². The molecule has 4 nitrogen and oxygen atoms in total. The first kappa shape index (κ1) is 14.3. The van der Waals surface area contributed by atoms with Crippen molar-refractivity contribution in [1.82, 2.24) is 10.1 Å². The molecule has 1 aromatic heterocycles. The first-order valence-corrected chi connectivity index (χ1v) is 6.87. The Bertz CT molecular complexity index is 557. The third-order valence-electron chi connectivity index (χ3n) is 2.75. The Hall–Kier alpha value is -1.10. The molecular weight excluding hydrogens is 285 g/mol. The standard InChI is InChI=1S/C13H15Cl2N3O/c1-2-3-11(16)13-17-12(18-19-13)7-8-4-5-9(14)10(15)6-8/h4-6,11H,2-3,7,16H2,1H3/t11-/m0/s1. The summed E-state index contributed by atoms with van der Waals surface area (Å²) < 4.78 is 5.16. The van der Waals surface area contributed by atoms with Crippen LogP contribution in [0.25, 0.3) is 0 Å². The number of benzene rings is 1. The minimum Gasteiger partial charge on any atom is -0.338 e. The zero-order valence-electron chi connectivity index (χ0n) is 10.6. The van der Waals surface area contributed by atoms with Crippen LogP contribution in [-0.2, 0) is 6.42 Å². The quantitative estimate of drug-likeness (QED) is 0.913. The van der Waals surface area contributed by atoms with Crippen molar-refractivity contribution in [1.29, 1.82) is 0 Å². The number of halogens is 2. The van der Waals surface area contributed by atoms with Gasteiger partial charge < -0.3 is 10.3 Å². The fraction of sp³-hybridized carbons (Fsp3) is 0.385. The van der Waals surface area contributed by atoms with E-state index in [1.165, 1.54) is 0 Å². The molecule has 2 N–H and O–H groups in total. The Morgan fingerprint density at radius 2 is 2.11 bits per heavy atom. The van der Waals surface area contributed by atoms with E-state index in [0.717, 1.165) is 18.4 Å². The molecule has 2 aromatic rings. The van der Waals surface area contributed by atoms with E-state index in [4.69, 9.17) is 33.5 Å². The van der Waals surface area contributed by atoms with Gasteiger partial charge in [0.1, 0.15) is 0 Å². The summed E-state index contributed by atoms with van der Waals surface area (Å²) in [6, 6.07) is 5.24. The van der Waals surface area contributed by atoms with E-state index in [1.807, 2.05) is 6.07 Å². The average Bonchev–Trinajstić information content (AvgIpc) is 2.83. The first-order valence-electron chi connectivity index (χ1n) is 6.12. The third kappa shape index (κ3) is 3.69. The highest BCUT2D eigenvalue weighted by atomic mass is 35.5. The highest BCUT2D eigenvalue weighted by Gasteiger charge is 2.14. The summed E-state index contributed by atoms with van der Waals surface area (Å²) in [5, 5.41) is 4.98. The largest absolute Gasteiger partial charge is 0.338 e. The molecule has 6 heteroatoms. The van der Waals surface area contributed by atoms with Crippen molar-refractivity contribution in [3.8, 4) is 0 Å². The predicted octanol–water partition coefficient (Wildman–Crippen LogP) is 3.77. The molecule has 0 saturated carbocycles. The zero-order valence-corrected chi connectivity index (χ0v) is 12.1. The molecule has 0 amide bonds. The average molecular weight is 300 g/mol. The van der Waals surface area contributed by atoms with Crippen molar-refractivity contribution in [3.05, 3.63) is 45.5 Å². The molecule has 0 aliphatic carbocycles. The second kappa shape index (κ2) is 6.37. The SMILES string of the molecule is CCC[C@H](N)c1nc(Cc2ccc(Cl)c(Cl)c2)no1. The van der Waals surface area contributed by atoms with Crippen LogP contribution >= 0.6 is 23.2 Å². The third-order valence-corrected chi connectivity index (χ3v) is 3.49. The van der Waals surface area contributed by atoms with Crippen molar-refractivity contribution in [3.63, 3.8) is 0 Å². The summed E-state index contributed by atoms with van der Waals surface area (Å²) in [5.41, 5.74) is 6.90. The molecular formula is C13H15Cl2N3O. The van der Waals surface area contributed by atoms with Gasteiger partial charge in [-0.05, 0) is 24.1 Å². The van der Waals surface area contributed by atoms with Crippen LogP contribution in [-0.4, -0.2) is 10.1 Å². The van der Waals surface area contributed by atoms with Gasteiger partial charge in [0.2, 0.25) is 5.89 Å². The fourth-order valence-electron chi connectivity index (χ4n) is 1.76. The van der Waals surface area contributed by atoms with Gasteiger partial charge in [-0.15, -0.1) is 0 Å². The Morgan fingerprint density at radius 1 is 1.32 bits per heavy atom. The second-order valence-corrected chi connectivity index (χ2v) is 5.18. The number of aromatic nitrogens is 2. The maximum atomic E-state index is 5.96. The molecule has 2 rings (SSSR count). The van der Waals surface area contributed by atoms with Crippen molar-refractivity contribution in [2.75, 3.05) is 0 Å². The van der Waals surface area contributed by atoms with Gasteiger partial charge in [-0.25, -0.2) is 0 Å². The van der Waals surface area contributed by atoms with E-state index in [-0.39, 0.29) is 6.04 Å². The number of hydrogen-bond donors (Lipinski definition) is 1. The van der Waals surface area contributed by atoms with Gasteiger partial charge in [0.15, 0.2) is 5.82 Å². The topological polar surface area (TPSA) is 64.9 Å². The van der Waals surface area contributed by atoms with E-state index in [2.05, 4.69) is 17.1 Å². The van der Waals surface area contributed by atoms with Crippen LogP contribution in [0, 0.1) is 0 Å². The van der Waals surface area contributed by atoms with Gasteiger partial charge in [-0.1, -0.05) is 47.8 Å². The van der Waals surface area contributed by atoms with Gasteiger partial charge in [0, 0.05) is 6.42 Å². The van der Waals surface area contributed by atoms with Gasteiger partial charge >= 0.3 is 0 Å². The van der Waals surface area contributed by atoms with Crippen LogP contribution in [0.15, 0.2) is 22.7 Å². The Kier molecular flexibility index (Phi) is 4.80. The lowest BCUT2D eigenvalue weighted by Gasteiger charge is -2.02.